The molecule has 0 saturated heterocycles. The van der Waals surface area contributed by atoms with Crippen molar-refractivity contribution in [3.8, 4) is 0 Å². The molecule has 0 fully saturated rings. The summed E-state index contributed by atoms with van der Waals surface area (Å²) < 4.78 is 19.1. The average Bonchev–Trinajstić information content (AvgIpc) is 2.65. The van der Waals surface area contributed by atoms with Crippen molar-refractivity contribution < 1.29 is 14.2 Å². The fourth-order valence-corrected chi connectivity index (χ4v) is 6.00. The fourth-order valence-electron chi connectivity index (χ4n) is 3.91. The third-order valence-corrected chi connectivity index (χ3v) is 7.98. The normalized spacial score (nSPS) is 17.6. The van der Waals surface area contributed by atoms with E-state index in [1.807, 2.05) is 0 Å². The highest BCUT2D eigenvalue weighted by atomic mass is 31.1. The summed E-state index contributed by atoms with van der Waals surface area (Å²) in [6, 6.07) is 0.452. The molecule has 0 aromatic rings. The monoisotopic (exact) mass is 504 g/mol. The smallest absolute Gasteiger partial charge is 0.0711 e. The Hall–Kier alpha value is 0.230. The Labute approximate surface area is 215 Å². The van der Waals surface area contributed by atoms with Crippen LogP contribution in [0.4, 0.5) is 0 Å². The maximum atomic E-state index is 6.54. The lowest BCUT2D eigenvalue weighted by Crippen LogP contribution is -2.57. The van der Waals surface area contributed by atoms with Crippen LogP contribution in [0.15, 0.2) is 0 Å². The summed E-state index contributed by atoms with van der Waals surface area (Å²) >= 11 is 0. The van der Waals surface area contributed by atoms with E-state index < -0.39 is 0 Å². The van der Waals surface area contributed by atoms with E-state index in [0.29, 0.717) is 38.7 Å². The van der Waals surface area contributed by atoms with Crippen LogP contribution in [0, 0.1) is 11.8 Å². The minimum Gasteiger partial charge on any atom is -0.375 e. The van der Waals surface area contributed by atoms with Gasteiger partial charge in [0.05, 0.1) is 30.3 Å². The molecule has 0 aliphatic carbocycles. The zero-order chi connectivity index (χ0) is 26.7. The second kappa shape index (κ2) is 15.5. The SMILES string of the molecule is CCCOC(C)PC(CC(C)(C)OCC(C)C(C)C)CC(C)(C)OCC(NC(C)C)C(C)(C)N. The number of hydrogen-bond donors (Lipinski definition) is 2. The first-order chi connectivity index (χ1) is 15.4. The average molecular weight is 505 g/mol. The molecule has 0 aliphatic rings. The van der Waals surface area contributed by atoms with Crippen LogP contribution in [0.3, 0.4) is 0 Å². The predicted octanol–water partition coefficient (Wildman–Crippen LogP) is 6.57. The van der Waals surface area contributed by atoms with Crippen molar-refractivity contribution >= 4 is 8.58 Å². The molecule has 0 spiro atoms. The van der Waals surface area contributed by atoms with E-state index in [2.05, 4.69) is 95.3 Å². The molecule has 6 heteroatoms. The molecular formula is C28H61N2O3P. The minimum atomic E-state index is -0.354. The first kappa shape index (κ1) is 34.2. The molecule has 5 unspecified atom stereocenters. The van der Waals surface area contributed by atoms with Crippen molar-refractivity contribution in [2.24, 2.45) is 17.6 Å². The standard InChI is InChI=1S/C28H61N2O3P/c1-14-15-31-23(7)34-24(16-26(8,9)32-18-22(6)20(2)3)17-27(10,11)33-19-25(28(12,13)29)30-21(4)5/h20-25,30,34H,14-19,29H2,1-13H3. The molecule has 5 atom stereocenters. The van der Waals surface area contributed by atoms with Crippen LogP contribution < -0.4 is 11.1 Å². The Morgan fingerprint density at radius 1 is 0.824 bits per heavy atom. The van der Waals surface area contributed by atoms with E-state index >= 15 is 0 Å². The Morgan fingerprint density at radius 3 is 1.74 bits per heavy atom. The molecule has 0 amide bonds. The predicted molar refractivity (Wildman–Crippen MR) is 151 cm³/mol. The van der Waals surface area contributed by atoms with E-state index in [0.717, 1.165) is 32.5 Å². The third kappa shape index (κ3) is 16.1. The summed E-state index contributed by atoms with van der Waals surface area (Å²) in [5.74, 6) is 1.43. The highest BCUT2D eigenvalue weighted by Gasteiger charge is 2.33. The van der Waals surface area contributed by atoms with Gasteiger partial charge in [-0.3, -0.25) is 0 Å². The lowest BCUT2D eigenvalue weighted by atomic mass is 9.92. The molecule has 0 aromatic heterocycles. The summed E-state index contributed by atoms with van der Waals surface area (Å²) in [7, 11) is 0.710. The van der Waals surface area contributed by atoms with Gasteiger partial charge in [0.15, 0.2) is 0 Å². The van der Waals surface area contributed by atoms with Gasteiger partial charge in [0.2, 0.25) is 0 Å². The lowest BCUT2D eigenvalue weighted by molar-refractivity contribution is -0.0600. The number of hydrogen-bond acceptors (Lipinski definition) is 5. The number of nitrogens with two attached hydrogens (primary N) is 1. The van der Waals surface area contributed by atoms with E-state index in [1.165, 1.54) is 0 Å². The highest BCUT2D eigenvalue weighted by Crippen LogP contribution is 2.39. The molecule has 0 radical (unpaired) electrons. The van der Waals surface area contributed by atoms with Crippen LogP contribution in [-0.2, 0) is 14.2 Å². The van der Waals surface area contributed by atoms with Crippen LogP contribution in [0.5, 0.6) is 0 Å². The van der Waals surface area contributed by atoms with Crippen molar-refractivity contribution in [3.05, 3.63) is 0 Å². The van der Waals surface area contributed by atoms with Gasteiger partial charge >= 0.3 is 0 Å². The van der Waals surface area contributed by atoms with Gasteiger partial charge in [-0.2, -0.15) is 0 Å². The second-order valence-electron chi connectivity index (χ2n) is 12.8. The Morgan fingerprint density at radius 2 is 1.32 bits per heavy atom. The van der Waals surface area contributed by atoms with Gasteiger partial charge in [-0.15, -0.1) is 0 Å². The molecule has 0 aromatic carbocycles. The first-order valence-electron chi connectivity index (χ1n) is 13.6. The van der Waals surface area contributed by atoms with Gasteiger partial charge in [0, 0.05) is 24.2 Å². The van der Waals surface area contributed by atoms with Gasteiger partial charge in [-0.1, -0.05) is 50.1 Å². The van der Waals surface area contributed by atoms with Crippen LogP contribution in [-0.4, -0.2) is 60.1 Å². The third-order valence-electron chi connectivity index (χ3n) is 6.47. The van der Waals surface area contributed by atoms with Gasteiger partial charge in [-0.05, 0) is 85.2 Å². The van der Waals surface area contributed by atoms with Crippen LogP contribution in [0.25, 0.3) is 0 Å². The van der Waals surface area contributed by atoms with Gasteiger partial charge in [-0.25, -0.2) is 0 Å². The van der Waals surface area contributed by atoms with E-state index in [1.54, 1.807) is 0 Å². The molecule has 34 heavy (non-hydrogen) atoms. The zero-order valence-corrected chi connectivity index (χ0v) is 26.0. The molecule has 0 aliphatic heterocycles. The molecule has 5 nitrogen and oxygen atoms in total. The van der Waals surface area contributed by atoms with Crippen LogP contribution in [0.1, 0.15) is 109 Å². The van der Waals surface area contributed by atoms with E-state index in [9.17, 15) is 0 Å². The number of rotatable bonds is 19. The summed E-state index contributed by atoms with van der Waals surface area (Å²) in [5.41, 5.74) is 6.13. The summed E-state index contributed by atoms with van der Waals surface area (Å²) in [6.45, 7) is 30.8. The Bertz CT molecular complexity index is 532. The molecule has 206 valence electrons. The molecular weight excluding hydrogens is 443 g/mol. The second-order valence-corrected chi connectivity index (χ2v) is 14.8. The molecule has 0 saturated carbocycles. The van der Waals surface area contributed by atoms with E-state index in [-0.39, 0.29) is 28.6 Å². The highest BCUT2D eigenvalue weighted by molar-refractivity contribution is 7.39. The molecule has 0 rings (SSSR count). The molecule has 3 N–H and O–H groups in total. The van der Waals surface area contributed by atoms with Crippen LogP contribution in [0.2, 0.25) is 0 Å². The summed E-state index contributed by atoms with van der Waals surface area (Å²) in [6.07, 6.45) is 3.02. The maximum absolute atomic E-state index is 6.54. The van der Waals surface area contributed by atoms with Crippen molar-refractivity contribution in [2.75, 3.05) is 19.8 Å². The fraction of sp³-hybridized carbons (Fsp3) is 1.00. The Balaban J connectivity index is 5.32. The molecule has 0 heterocycles. The number of nitrogens with one attached hydrogen (secondary N) is 1. The first-order valence-corrected chi connectivity index (χ1v) is 14.7. The Kier molecular flexibility index (Phi) is 15.6. The van der Waals surface area contributed by atoms with Gasteiger partial charge in [0.25, 0.3) is 0 Å². The quantitative estimate of drug-likeness (QED) is 0.195. The largest absolute Gasteiger partial charge is 0.375 e. The zero-order valence-electron chi connectivity index (χ0n) is 25.0. The van der Waals surface area contributed by atoms with Gasteiger partial charge < -0.3 is 25.3 Å². The lowest BCUT2D eigenvalue weighted by Gasteiger charge is -2.39. The van der Waals surface area contributed by atoms with Crippen molar-refractivity contribution in [1.82, 2.24) is 5.32 Å². The topological polar surface area (TPSA) is 65.7 Å². The van der Waals surface area contributed by atoms with Crippen molar-refractivity contribution in [1.29, 1.82) is 0 Å². The summed E-state index contributed by atoms with van der Waals surface area (Å²) in [5, 5.41) is 3.59. The molecule has 0 bridgehead atoms. The minimum absolute atomic E-state index is 0.0942. The van der Waals surface area contributed by atoms with Gasteiger partial charge in [0.1, 0.15) is 0 Å². The van der Waals surface area contributed by atoms with E-state index in [4.69, 9.17) is 19.9 Å². The van der Waals surface area contributed by atoms with Crippen molar-refractivity contribution in [3.63, 3.8) is 0 Å². The number of ether oxygens (including phenoxy) is 3. The summed E-state index contributed by atoms with van der Waals surface area (Å²) in [4.78, 5) is 0. The van der Waals surface area contributed by atoms with Crippen molar-refractivity contribution in [2.45, 2.75) is 150 Å². The maximum Gasteiger partial charge on any atom is 0.0711 e. The van der Waals surface area contributed by atoms with Crippen LogP contribution >= 0.6 is 8.58 Å².